The van der Waals surface area contributed by atoms with E-state index in [4.69, 9.17) is 4.52 Å². The molecule has 3 heterocycles. The molecule has 1 saturated carbocycles. The average molecular weight is 317 g/mol. The van der Waals surface area contributed by atoms with Crippen LogP contribution in [0.25, 0.3) is 10.7 Å². The molecule has 6 heteroatoms. The Morgan fingerprint density at radius 3 is 2.95 bits per heavy atom. The second-order valence-corrected chi connectivity index (χ2v) is 7.13. The van der Waals surface area contributed by atoms with Gasteiger partial charge in [-0.15, -0.1) is 11.3 Å². The summed E-state index contributed by atoms with van der Waals surface area (Å²) in [5.74, 6) is 2.11. The zero-order valence-corrected chi connectivity index (χ0v) is 13.2. The van der Waals surface area contributed by atoms with Gasteiger partial charge in [0.25, 0.3) is 0 Å². The summed E-state index contributed by atoms with van der Waals surface area (Å²) in [6.07, 6.45) is 5.34. The van der Waals surface area contributed by atoms with Crippen molar-refractivity contribution in [2.45, 2.75) is 38.0 Å². The third-order valence-corrected chi connectivity index (χ3v) is 5.59. The summed E-state index contributed by atoms with van der Waals surface area (Å²) in [6, 6.07) is 3.97. The molecular formula is C16H19N3O2S. The van der Waals surface area contributed by atoms with E-state index in [1.807, 2.05) is 22.4 Å². The molecule has 1 aliphatic carbocycles. The molecule has 5 nitrogen and oxygen atoms in total. The molecular weight excluding hydrogens is 298 g/mol. The first-order valence-electron chi connectivity index (χ1n) is 7.97. The number of amides is 1. The first-order valence-corrected chi connectivity index (χ1v) is 8.85. The lowest BCUT2D eigenvalue weighted by molar-refractivity contribution is -0.139. The Kier molecular flexibility index (Phi) is 3.70. The fourth-order valence-electron chi connectivity index (χ4n) is 3.20. The third kappa shape index (κ3) is 2.56. The van der Waals surface area contributed by atoms with Gasteiger partial charge in [-0.2, -0.15) is 4.98 Å². The molecule has 0 N–H and O–H groups in total. The van der Waals surface area contributed by atoms with Crippen LogP contribution in [0.1, 0.15) is 43.9 Å². The minimum absolute atomic E-state index is 0.180. The van der Waals surface area contributed by atoms with E-state index in [9.17, 15) is 4.79 Å². The maximum atomic E-state index is 12.4. The molecule has 1 atom stereocenters. The number of hydrogen-bond acceptors (Lipinski definition) is 5. The van der Waals surface area contributed by atoms with E-state index >= 15 is 0 Å². The number of nitrogens with zero attached hydrogens (tertiary/aromatic N) is 3. The van der Waals surface area contributed by atoms with Crippen molar-refractivity contribution in [3.63, 3.8) is 0 Å². The van der Waals surface area contributed by atoms with E-state index in [1.54, 1.807) is 11.3 Å². The highest BCUT2D eigenvalue weighted by Gasteiger charge is 2.34. The Labute approximate surface area is 133 Å². The van der Waals surface area contributed by atoms with Crippen molar-refractivity contribution in [3.8, 4) is 10.7 Å². The lowest BCUT2D eigenvalue weighted by atomic mass is 9.83. The first kappa shape index (κ1) is 13.9. The first-order chi connectivity index (χ1) is 10.8. The van der Waals surface area contributed by atoms with Crippen molar-refractivity contribution >= 4 is 17.2 Å². The number of carbonyl (C=O) groups excluding carboxylic acids is 1. The maximum Gasteiger partial charge on any atom is 0.231 e. The quantitative estimate of drug-likeness (QED) is 0.871. The van der Waals surface area contributed by atoms with Gasteiger partial charge in [-0.1, -0.05) is 17.6 Å². The minimum Gasteiger partial charge on any atom is -0.342 e. The van der Waals surface area contributed by atoms with Crippen LogP contribution in [0.5, 0.6) is 0 Å². The van der Waals surface area contributed by atoms with Crippen LogP contribution in [0.4, 0.5) is 0 Å². The molecule has 22 heavy (non-hydrogen) atoms. The number of rotatable bonds is 3. The Hall–Kier alpha value is -1.69. The van der Waals surface area contributed by atoms with Gasteiger partial charge in [0.1, 0.15) is 0 Å². The Balaban J connectivity index is 1.47. The predicted octanol–water partition coefficient (Wildman–Crippen LogP) is 3.30. The van der Waals surface area contributed by atoms with Gasteiger partial charge in [-0.3, -0.25) is 4.79 Å². The highest BCUT2D eigenvalue weighted by atomic mass is 32.1. The molecule has 0 aromatic carbocycles. The lowest BCUT2D eigenvalue weighted by Crippen LogP contribution is -2.44. The van der Waals surface area contributed by atoms with Crippen LogP contribution in [-0.4, -0.2) is 34.0 Å². The number of piperidine rings is 1. The van der Waals surface area contributed by atoms with Crippen molar-refractivity contribution in [1.82, 2.24) is 15.0 Å². The van der Waals surface area contributed by atoms with Crippen molar-refractivity contribution in [2.24, 2.45) is 5.92 Å². The second-order valence-electron chi connectivity index (χ2n) is 6.18. The van der Waals surface area contributed by atoms with Crippen LogP contribution >= 0.6 is 11.3 Å². The Morgan fingerprint density at radius 1 is 1.32 bits per heavy atom. The fourth-order valence-corrected chi connectivity index (χ4v) is 3.85. The van der Waals surface area contributed by atoms with E-state index in [0.29, 0.717) is 17.6 Å². The zero-order valence-electron chi connectivity index (χ0n) is 12.4. The SMILES string of the molecule is O=C(C1CCC1)N1CCC[C@H](c2nc(-c3cccs3)no2)C1. The molecule has 2 aliphatic rings. The Bertz CT molecular complexity index is 648. The van der Waals surface area contributed by atoms with Crippen molar-refractivity contribution in [2.75, 3.05) is 13.1 Å². The normalized spacial score (nSPS) is 22.5. The number of thiophene rings is 1. The molecule has 0 unspecified atom stereocenters. The summed E-state index contributed by atoms with van der Waals surface area (Å²) in [7, 11) is 0. The average Bonchev–Trinajstić information content (AvgIpc) is 3.16. The van der Waals surface area contributed by atoms with E-state index in [2.05, 4.69) is 10.1 Å². The van der Waals surface area contributed by atoms with Crippen LogP contribution in [0.2, 0.25) is 0 Å². The summed E-state index contributed by atoms with van der Waals surface area (Å²) in [5.41, 5.74) is 0. The van der Waals surface area contributed by atoms with E-state index in [-0.39, 0.29) is 11.8 Å². The van der Waals surface area contributed by atoms with E-state index < -0.39 is 0 Å². The summed E-state index contributed by atoms with van der Waals surface area (Å²) in [6.45, 7) is 1.60. The molecule has 0 bridgehead atoms. The monoisotopic (exact) mass is 317 g/mol. The summed E-state index contributed by atoms with van der Waals surface area (Å²) < 4.78 is 5.46. The molecule has 1 saturated heterocycles. The van der Waals surface area contributed by atoms with Crippen LogP contribution in [0.15, 0.2) is 22.0 Å². The van der Waals surface area contributed by atoms with Crippen LogP contribution in [-0.2, 0) is 4.79 Å². The van der Waals surface area contributed by atoms with Gasteiger partial charge in [0.05, 0.1) is 10.8 Å². The molecule has 2 fully saturated rings. The Morgan fingerprint density at radius 2 is 2.23 bits per heavy atom. The molecule has 0 spiro atoms. The van der Waals surface area contributed by atoms with Gasteiger partial charge in [-0.25, -0.2) is 0 Å². The number of likely N-dealkylation sites (tertiary alicyclic amines) is 1. The predicted molar refractivity (Wildman–Crippen MR) is 83.5 cm³/mol. The molecule has 1 amide bonds. The number of hydrogen-bond donors (Lipinski definition) is 0. The molecule has 1 aliphatic heterocycles. The number of carbonyl (C=O) groups is 1. The molecule has 2 aromatic heterocycles. The van der Waals surface area contributed by atoms with E-state index in [1.165, 1.54) is 6.42 Å². The molecule has 0 radical (unpaired) electrons. The van der Waals surface area contributed by atoms with Crippen LogP contribution in [0.3, 0.4) is 0 Å². The largest absolute Gasteiger partial charge is 0.342 e. The third-order valence-electron chi connectivity index (χ3n) is 4.72. The highest BCUT2D eigenvalue weighted by Crippen LogP contribution is 2.33. The highest BCUT2D eigenvalue weighted by molar-refractivity contribution is 7.13. The van der Waals surface area contributed by atoms with Gasteiger partial charge in [-0.05, 0) is 37.1 Å². The van der Waals surface area contributed by atoms with Gasteiger partial charge in [0.15, 0.2) is 0 Å². The molecule has 2 aromatic rings. The van der Waals surface area contributed by atoms with Gasteiger partial charge < -0.3 is 9.42 Å². The van der Waals surface area contributed by atoms with Crippen molar-refractivity contribution in [1.29, 1.82) is 0 Å². The second kappa shape index (κ2) is 5.83. The van der Waals surface area contributed by atoms with Gasteiger partial charge in [0.2, 0.25) is 17.6 Å². The van der Waals surface area contributed by atoms with Gasteiger partial charge in [0, 0.05) is 19.0 Å². The fraction of sp³-hybridized carbons (Fsp3) is 0.562. The molecule has 4 rings (SSSR count). The summed E-state index contributed by atoms with van der Waals surface area (Å²) in [5, 5.41) is 6.09. The van der Waals surface area contributed by atoms with Crippen LogP contribution in [0, 0.1) is 5.92 Å². The van der Waals surface area contributed by atoms with Crippen molar-refractivity contribution in [3.05, 3.63) is 23.4 Å². The maximum absolute atomic E-state index is 12.4. The van der Waals surface area contributed by atoms with E-state index in [0.717, 1.165) is 43.6 Å². The van der Waals surface area contributed by atoms with Crippen LogP contribution < -0.4 is 0 Å². The minimum atomic E-state index is 0.180. The smallest absolute Gasteiger partial charge is 0.231 e. The summed E-state index contributed by atoms with van der Waals surface area (Å²) in [4.78, 5) is 20.0. The number of aromatic nitrogens is 2. The standard InChI is InChI=1S/C16H19N3O2S/c20-16(11-4-1-5-11)19-8-2-6-12(10-19)15-17-14(18-21-15)13-7-3-9-22-13/h3,7,9,11-12H,1-2,4-6,8,10H2/t12-/m0/s1. The van der Waals surface area contributed by atoms with Gasteiger partial charge >= 0.3 is 0 Å². The topological polar surface area (TPSA) is 59.2 Å². The van der Waals surface area contributed by atoms with Crippen molar-refractivity contribution < 1.29 is 9.32 Å². The zero-order chi connectivity index (χ0) is 14.9. The lowest BCUT2D eigenvalue weighted by Gasteiger charge is -2.36. The molecule has 116 valence electrons. The summed E-state index contributed by atoms with van der Waals surface area (Å²) >= 11 is 1.61.